The molecule has 1 heterocycles. The van der Waals surface area contributed by atoms with Gasteiger partial charge in [-0.1, -0.05) is 48.5 Å². The zero-order valence-electron chi connectivity index (χ0n) is 15.7. The van der Waals surface area contributed by atoms with Crippen molar-refractivity contribution in [2.24, 2.45) is 11.7 Å². The van der Waals surface area contributed by atoms with Crippen LogP contribution in [0.15, 0.2) is 54.6 Å². The molecule has 2 N–H and O–H groups in total. The van der Waals surface area contributed by atoms with Crippen LogP contribution in [0.3, 0.4) is 0 Å². The summed E-state index contributed by atoms with van der Waals surface area (Å²) in [5.41, 5.74) is 7.72. The van der Waals surface area contributed by atoms with Gasteiger partial charge in [0.1, 0.15) is 0 Å². The van der Waals surface area contributed by atoms with E-state index in [2.05, 4.69) is 0 Å². The highest BCUT2D eigenvalue weighted by atomic mass is 16.5. The first-order chi connectivity index (χ1) is 13.5. The van der Waals surface area contributed by atoms with Crippen LogP contribution in [0.25, 0.3) is 0 Å². The Bertz CT molecular complexity index is 843. The van der Waals surface area contributed by atoms with E-state index in [-0.39, 0.29) is 24.3 Å². The molecule has 0 aliphatic carbocycles. The van der Waals surface area contributed by atoms with Crippen LogP contribution in [0, 0.1) is 5.92 Å². The number of piperidine rings is 1. The summed E-state index contributed by atoms with van der Waals surface area (Å²) in [7, 11) is 0. The van der Waals surface area contributed by atoms with Gasteiger partial charge in [-0.3, -0.25) is 9.59 Å². The monoisotopic (exact) mass is 380 g/mol. The molecular formula is C22H24N2O4. The number of primary amides is 1. The number of nitrogens with zero attached hydrogens (tertiary/aromatic N) is 1. The lowest BCUT2D eigenvalue weighted by molar-refractivity contribution is -0.137. The van der Waals surface area contributed by atoms with Gasteiger partial charge < -0.3 is 15.4 Å². The van der Waals surface area contributed by atoms with E-state index in [0.717, 1.165) is 11.1 Å². The van der Waals surface area contributed by atoms with Crippen LogP contribution in [-0.4, -0.2) is 42.4 Å². The Balaban J connectivity index is 1.57. The summed E-state index contributed by atoms with van der Waals surface area (Å²) in [6.07, 6.45) is 1.71. The third-order valence-electron chi connectivity index (χ3n) is 5.05. The van der Waals surface area contributed by atoms with E-state index in [1.807, 2.05) is 42.5 Å². The number of rotatable bonds is 6. The van der Waals surface area contributed by atoms with Gasteiger partial charge in [0, 0.05) is 19.0 Å². The average Bonchev–Trinajstić information content (AvgIpc) is 2.73. The van der Waals surface area contributed by atoms with Crippen molar-refractivity contribution in [2.75, 3.05) is 19.7 Å². The topological polar surface area (TPSA) is 89.7 Å². The van der Waals surface area contributed by atoms with Gasteiger partial charge in [-0.05, 0) is 36.5 Å². The number of ether oxygens (including phenoxy) is 1. The van der Waals surface area contributed by atoms with Crippen LogP contribution in [0.5, 0.6) is 0 Å². The minimum Gasteiger partial charge on any atom is -0.452 e. The SMILES string of the molecule is NC(=O)C1CCN(C(=O)COC(=O)c2ccccc2Cc2ccccc2)CC1. The number of carbonyl (C=O) groups is 3. The molecule has 0 spiro atoms. The molecule has 0 saturated carbocycles. The fraction of sp³-hybridized carbons (Fsp3) is 0.318. The highest BCUT2D eigenvalue weighted by Crippen LogP contribution is 2.18. The number of hydrogen-bond donors (Lipinski definition) is 1. The van der Waals surface area contributed by atoms with E-state index in [9.17, 15) is 14.4 Å². The van der Waals surface area contributed by atoms with Gasteiger partial charge in [-0.25, -0.2) is 4.79 Å². The van der Waals surface area contributed by atoms with Crippen molar-refractivity contribution in [3.05, 3.63) is 71.3 Å². The smallest absolute Gasteiger partial charge is 0.338 e. The fourth-order valence-corrected chi connectivity index (χ4v) is 3.40. The molecule has 2 aromatic rings. The average molecular weight is 380 g/mol. The molecule has 6 heteroatoms. The van der Waals surface area contributed by atoms with E-state index < -0.39 is 5.97 Å². The van der Waals surface area contributed by atoms with E-state index in [1.54, 1.807) is 17.0 Å². The Morgan fingerprint density at radius 2 is 1.61 bits per heavy atom. The number of carbonyl (C=O) groups excluding carboxylic acids is 3. The maximum atomic E-state index is 12.5. The lowest BCUT2D eigenvalue weighted by atomic mass is 9.96. The van der Waals surface area contributed by atoms with E-state index in [4.69, 9.17) is 10.5 Å². The van der Waals surface area contributed by atoms with Crippen LogP contribution in [-0.2, 0) is 20.7 Å². The van der Waals surface area contributed by atoms with E-state index >= 15 is 0 Å². The maximum absolute atomic E-state index is 12.5. The highest BCUT2D eigenvalue weighted by Gasteiger charge is 2.26. The quantitative estimate of drug-likeness (QED) is 0.778. The largest absolute Gasteiger partial charge is 0.452 e. The normalized spacial score (nSPS) is 14.5. The first kappa shape index (κ1) is 19.6. The summed E-state index contributed by atoms with van der Waals surface area (Å²) in [4.78, 5) is 37.7. The molecule has 146 valence electrons. The molecular weight excluding hydrogens is 356 g/mol. The van der Waals surface area contributed by atoms with Crippen molar-refractivity contribution < 1.29 is 19.1 Å². The molecule has 1 aliphatic heterocycles. The van der Waals surface area contributed by atoms with Gasteiger partial charge in [-0.15, -0.1) is 0 Å². The molecule has 2 amide bonds. The van der Waals surface area contributed by atoms with Gasteiger partial charge in [0.25, 0.3) is 5.91 Å². The minimum atomic E-state index is -0.507. The molecule has 1 saturated heterocycles. The molecule has 6 nitrogen and oxygen atoms in total. The van der Waals surface area contributed by atoms with Crippen molar-refractivity contribution in [3.8, 4) is 0 Å². The van der Waals surface area contributed by atoms with Gasteiger partial charge in [0.05, 0.1) is 5.56 Å². The summed E-state index contributed by atoms with van der Waals surface area (Å²) >= 11 is 0. The lowest BCUT2D eigenvalue weighted by Gasteiger charge is -2.30. The number of amides is 2. The van der Waals surface area contributed by atoms with Crippen molar-refractivity contribution in [3.63, 3.8) is 0 Å². The highest BCUT2D eigenvalue weighted by molar-refractivity contribution is 5.93. The molecule has 2 aromatic carbocycles. The fourth-order valence-electron chi connectivity index (χ4n) is 3.40. The minimum absolute atomic E-state index is 0.184. The number of esters is 1. The molecule has 0 bridgehead atoms. The molecule has 28 heavy (non-hydrogen) atoms. The maximum Gasteiger partial charge on any atom is 0.338 e. The Morgan fingerprint density at radius 3 is 2.29 bits per heavy atom. The zero-order chi connectivity index (χ0) is 19.9. The third-order valence-corrected chi connectivity index (χ3v) is 5.05. The third kappa shape index (κ3) is 4.97. The molecule has 3 rings (SSSR count). The molecule has 0 atom stereocenters. The summed E-state index contributed by atoms with van der Waals surface area (Å²) in [5.74, 6) is -1.27. The van der Waals surface area contributed by atoms with Gasteiger partial charge >= 0.3 is 5.97 Å². The molecule has 0 unspecified atom stereocenters. The van der Waals surface area contributed by atoms with Gasteiger partial charge in [0.15, 0.2) is 6.61 Å². The summed E-state index contributed by atoms with van der Waals surface area (Å²) in [5, 5.41) is 0. The number of likely N-dealkylation sites (tertiary alicyclic amines) is 1. The van der Waals surface area contributed by atoms with Gasteiger partial charge in [0.2, 0.25) is 5.91 Å². The van der Waals surface area contributed by atoms with Crippen LogP contribution in [0.4, 0.5) is 0 Å². The second-order valence-electron chi connectivity index (χ2n) is 6.95. The van der Waals surface area contributed by atoms with Crippen LogP contribution in [0.2, 0.25) is 0 Å². The molecule has 1 aliphatic rings. The Labute approximate surface area is 164 Å². The second-order valence-corrected chi connectivity index (χ2v) is 6.95. The Kier molecular flexibility index (Phi) is 6.42. The summed E-state index contributed by atoms with van der Waals surface area (Å²) < 4.78 is 5.27. The van der Waals surface area contributed by atoms with E-state index in [1.165, 1.54) is 0 Å². The molecule has 0 radical (unpaired) electrons. The number of benzene rings is 2. The van der Waals surface area contributed by atoms with Crippen LogP contribution >= 0.6 is 0 Å². The second kappa shape index (κ2) is 9.17. The molecule has 1 fully saturated rings. The lowest BCUT2D eigenvalue weighted by Crippen LogP contribution is -2.43. The predicted octanol–water partition coefficient (Wildman–Crippen LogP) is 2.16. The van der Waals surface area contributed by atoms with Crippen LogP contribution < -0.4 is 5.73 Å². The molecule has 0 aromatic heterocycles. The standard InChI is InChI=1S/C22H24N2O4/c23-21(26)17-10-12-24(13-11-17)20(25)15-28-22(27)19-9-5-4-8-18(19)14-16-6-2-1-3-7-16/h1-9,17H,10-15H2,(H2,23,26). The summed E-state index contributed by atoms with van der Waals surface area (Å²) in [6, 6.07) is 17.1. The Hall–Kier alpha value is -3.15. The zero-order valence-corrected chi connectivity index (χ0v) is 15.7. The Morgan fingerprint density at radius 1 is 0.964 bits per heavy atom. The summed E-state index contributed by atoms with van der Waals surface area (Å²) in [6.45, 7) is 0.600. The van der Waals surface area contributed by atoms with E-state index in [0.29, 0.717) is 37.9 Å². The predicted molar refractivity (Wildman–Crippen MR) is 104 cm³/mol. The number of hydrogen-bond acceptors (Lipinski definition) is 4. The first-order valence-corrected chi connectivity index (χ1v) is 9.40. The van der Waals surface area contributed by atoms with Crippen molar-refractivity contribution in [1.29, 1.82) is 0 Å². The van der Waals surface area contributed by atoms with Crippen molar-refractivity contribution in [2.45, 2.75) is 19.3 Å². The number of nitrogens with two attached hydrogens (primary N) is 1. The van der Waals surface area contributed by atoms with Crippen LogP contribution in [0.1, 0.15) is 34.3 Å². The van der Waals surface area contributed by atoms with Crippen molar-refractivity contribution in [1.82, 2.24) is 4.90 Å². The van der Waals surface area contributed by atoms with Gasteiger partial charge in [-0.2, -0.15) is 0 Å². The first-order valence-electron chi connectivity index (χ1n) is 9.40. The van der Waals surface area contributed by atoms with Crippen molar-refractivity contribution >= 4 is 17.8 Å².